The Labute approximate surface area is 220 Å². The minimum absolute atomic E-state index is 0.109. The van der Waals surface area contributed by atoms with Crippen molar-refractivity contribution in [2.45, 2.75) is 51.0 Å². The highest BCUT2D eigenvalue weighted by Crippen LogP contribution is 2.28. The number of benzene rings is 2. The van der Waals surface area contributed by atoms with E-state index >= 15 is 0 Å². The molecule has 0 bridgehead atoms. The number of amides is 2. The second kappa shape index (κ2) is 11.9. The lowest BCUT2D eigenvalue weighted by Gasteiger charge is -2.38. The number of para-hydroxylation sites is 1. The molecule has 7 nitrogen and oxygen atoms in total. The van der Waals surface area contributed by atoms with Gasteiger partial charge >= 0.3 is 0 Å². The Morgan fingerprint density at radius 3 is 2.14 bits per heavy atom. The predicted molar refractivity (Wildman–Crippen MR) is 148 cm³/mol. The van der Waals surface area contributed by atoms with Gasteiger partial charge in [0.05, 0.1) is 12.7 Å². The standard InChI is InChI=1S/C30H40N4O3/c1-37-26-13-11-25(12-14-26)32-19-21-34(22-20-32)30(36)27-9-5-6-10-28(27)33-17-15-24(16-18-33)31-29(35)23-7-3-2-4-8-23/h5-6,9-14,23-24H,2-4,7-8,15-22H2,1H3,(H,31,35). The third-order valence-corrected chi connectivity index (χ3v) is 8.30. The van der Waals surface area contributed by atoms with Gasteiger partial charge in [0.15, 0.2) is 0 Å². The molecule has 2 aromatic carbocycles. The zero-order valence-electron chi connectivity index (χ0n) is 22.0. The summed E-state index contributed by atoms with van der Waals surface area (Å²) in [6.45, 7) is 4.73. The lowest BCUT2D eigenvalue weighted by Crippen LogP contribution is -2.49. The maximum Gasteiger partial charge on any atom is 0.256 e. The first-order valence-corrected chi connectivity index (χ1v) is 13.9. The van der Waals surface area contributed by atoms with Crippen LogP contribution in [-0.2, 0) is 4.79 Å². The number of hydrogen-bond acceptors (Lipinski definition) is 5. The van der Waals surface area contributed by atoms with Crippen molar-refractivity contribution in [2.24, 2.45) is 5.92 Å². The summed E-state index contributed by atoms with van der Waals surface area (Å²) in [5.74, 6) is 1.42. The number of nitrogens with one attached hydrogen (secondary N) is 1. The number of anilines is 2. The van der Waals surface area contributed by atoms with Crippen molar-refractivity contribution >= 4 is 23.2 Å². The van der Waals surface area contributed by atoms with Gasteiger partial charge in [-0.1, -0.05) is 31.4 Å². The summed E-state index contributed by atoms with van der Waals surface area (Å²) >= 11 is 0. The molecule has 2 amide bonds. The number of rotatable bonds is 6. The summed E-state index contributed by atoms with van der Waals surface area (Å²) in [4.78, 5) is 32.9. The summed E-state index contributed by atoms with van der Waals surface area (Å²) < 4.78 is 5.27. The molecule has 1 saturated carbocycles. The Morgan fingerprint density at radius 1 is 0.784 bits per heavy atom. The maximum absolute atomic E-state index is 13.6. The molecule has 2 aliphatic heterocycles. The van der Waals surface area contributed by atoms with Crippen LogP contribution in [0.15, 0.2) is 48.5 Å². The smallest absolute Gasteiger partial charge is 0.256 e. The Kier molecular flexibility index (Phi) is 8.17. The van der Waals surface area contributed by atoms with Crippen LogP contribution in [0.1, 0.15) is 55.3 Å². The van der Waals surface area contributed by atoms with E-state index in [1.807, 2.05) is 35.2 Å². The number of piperazine rings is 1. The fourth-order valence-electron chi connectivity index (χ4n) is 6.01. The highest BCUT2D eigenvalue weighted by molar-refractivity contribution is 6.00. The summed E-state index contributed by atoms with van der Waals surface area (Å²) in [5.41, 5.74) is 2.96. The van der Waals surface area contributed by atoms with Gasteiger partial charge in [0.1, 0.15) is 5.75 Å². The zero-order chi connectivity index (χ0) is 25.6. The van der Waals surface area contributed by atoms with E-state index in [9.17, 15) is 9.59 Å². The molecule has 37 heavy (non-hydrogen) atoms. The first-order valence-electron chi connectivity index (χ1n) is 13.9. The molecular formula is C30H40N4O3. The molecule has 2 saturated heterocycles. The van der Waals surface area contributed by atoms with Crippen molar-refractivity contribution in [2.75, 3.05) is 56.2 Å². The first-order chi connectivity index (χ1) is 18.1. The van der Waals surface area contributed by atoms with Gasteiger partial charge < -0.3 is 24.8 Å². The highest BCUT2D eigenvalue weighted by atomic mass is 16.5. The van der Waals surface area contributed by atoms with E-state index in [0.717, 1.165) is 74.6 Å². The molecule has 2 aromatic rings. The molecule has 3 aliphatic rings. The predicted octanol–water partition coefficient (Wildman–Crippen LogP) is 4.32. The van der Waals surface area contributed by atoms with Gasteiger partial charge in [0.25, 0.3) is 5.91 Å². The fourth-order valence-corrected chi connectivity index (χ4v) is 6.01. The topological polar surface area (TPSA) is 65.1 Å². The van der Waals surface area contributed by atoms with Crippen molar-refractivity contribution in [3.63, 3.8) is 0 Å². The van der Waals surface area contributed by atoms with E-state index in [-0.39, 0.29) is 23.8 Å². The van der Waals surface area contributed by atoms with E-state index in [4.69, 9.17) is 4.74 Å². The summed E-state index contributed by atoms with van der Waals surface area (Å²) in [7, 11) is 1.68. The molecular weight excluding hydrogens is 464 g/mol. The lowest BCUT2D eigenvalue weighted by atomic mass is 9.88. The second-order valence-corrected chi connectivity index (χ2v) is 10.6. The second-order valence-electron chi connectivity index (χ2n) is 10.6. The van der Waals surface area contributed by atoms with Crippen molar-refractivity contribution < 1.29 is 14.3 Å². The highest BCUT2D eigenvalue weighted by Gasteiger charge is 2.29. The van der Waals surface area contributed by atoms with Gasteiger partial charge in [-0.05, 0) is 62.1 Å². The molecule has 0 spiro atoms. The first kappa shape index (κ1) is 25.4. The Hall–Kier alpha value is -3.22. The van der Waals surface area contributed by atoms with Crippen LogP contribution in [-0.4, -0.2) is 69.1 Å². The van der Waals surface area contributed by atoms with E-state index in [1.54, 1.807) is 7.11 Å². The molecule has 3 fully saturated rings. The van der Waals surface area contributed by atoms with Gasteiger partial charge in [-0.15, -0.1) is 0 Å². The number of carbonyl (C=O) groups excluding carboxylic acids is 2. The molecule has 198 valence electrons. The maximum atomic E-state index is 13.6. The largest absolute Gasteiger partial charge is 0.497 e. The number of nitrogens with zero attached hydrogens (tertiary/aromatic N) is 3. The summed E-state index contributed by atoms with van der Waals surface area (Å²) in [6, 6.07) is 16.4. The van der Waals surface area contributed by atoms with Gasteiger partial charge in [-0.3, -0.25) is 9.59 Å². The van der Waals surface area contributed by atoms with E-state index in [1.165, 1.54) is 19.3 Å². The van der Waals surface area contributed by atoms with E-state index in [0.29, 0.717) is 13.1 Å². The Bertz CT molecular complexity index is 1050. The molecule has 2 heterocycles. The zero-order valence-corrected chi connectivity index (χ0v) is 22.0. The van der Waals surface area contributed by atoms with Crippen LogP contribution in [0.25, 0.3) is 0 Å². The third-order valence-electron chi connectivity index (χ3n) is 8.30. The minimum atomic E-state index is 0.109. The third kappa shape index (κ3) is 6.03. The molecule has 1 N–H and O–H groups in total. The van der Waals surface area contributed by atoms with Crippen LogP contribution in [0.5, 0.6) is 5.75 Å². The van der Waals surface area contributed by atoms with Crippen molar-refractivity contribution in [1.29, 1.82) is 0 Å². The molecule has 0 radical (unpaired) electrons. The normalized spacial score (nSPS) is 19.5. The molecule has 0 unspecified atom stereocenters. The van der Waals surface area contributed by atoms with Crippen LogP contribution >= 0.6 is 0 Å². The van der Waals surface area contributed by atoms with E-state index < -0.39 is 0 Å². The van der Waals surface area contributed by atoms with Crippen LogP contribution in [0.4, 0.5) is 11.4 Å². The van der Waals surface area contributed by atoms with Crippen LogP contribution in [0.2, 0.25) is 0 Å². The number of piperidine rings is 1. The molecule has 5 rings (SSSR count). The number of methoxy groups -OCH3 is 1. The van der Waals surface area contributed by atoms with Crippen molar-refractivity contribution in [3.8, 4) is 5.75 Å². The molecule has 0 aromatic heterocycles. The fraction of sp³-hybridized carbons (Fsp3) is 0.533. The minimum Gasteiger partial charge on any atom is -0.497 e. The monoisotopic (exact) mass is 504 g/mol. The van der Waals surface area contributed by atoms with Crippen LogP contribution < -0.4 is 19.9 Å². The van der Waals surface area contributed by atoms with Gasteiger partial charge in [-0.25, -0.2) is 0 Å². The number of hydrogen-bond donors (Lipinski definition) is 1. The SMILES string of the molecule is COc1ccc(N2CCN(C(=O)c3ccccc3N3CCC(NC(=O)C4CCCCC4)CC3)CC2)cc1. The molecule has 7 heteroatoms. The van der Waals surface area contributed by atoms with Gasteiger partial charge in [0.2, 0.25) is 5.91 Å². The van der Waals surface area contributed by atoms with E-state index in [2.05, 4.69) is 33.3 Å². The Balaban J connectivity index is 1.16. The molecule has 1 aliphatic carbocycles. The van der Waals surface area contributed by atoms with Crippen LogP contribution in [0.3, 0.4) is 0 Å². The number of carbonyl (C=O) groups is 2. The molecule has 0 atom stereocenters. The number of ether oxygens (including phenoxy) is 1. The Morgan fingerprint density at radius 2 is 1.46 bits per heavy atom. The quantitative estimate of drug-likeness (QED) is 0.635. The van der Waals surface area contributed by atoms with Crippen LogP contribution in [0, 0.1) is 5.92 Å². The average Bonchev–Trinajstić information content (AvgIpc) is 2.98. The van der Waals surface area contributed by atoms with Crippen molar-refractivity contribution in [1.82, 2.24) is 10.2 Å². The average molecular weight is 505 g/mol. The summed E-state index contributed by atoms with van der Waals surface area (Å²) in [5, 5.41) is 3.32. The van der Waals surface area contributed by atoms with Gasteiger partial charge in [-0.2, -0.15) is 0 Å². The summed E-state index contributed by atoms with van der Waals surface area (Å²) in [6.07, 6.45) is 7.53. The van der Waals surface area contributed by atoms with Crippen molar-refractivity contribution in [3.05, 3.63) is 54.1 Å². The lowest BCUT2D eigenvalue weighted by molar-refractivity contribution is -0.126. The van der Waals surface area contributed by atoms with Gasteiger partial charge in [0, 0.05) is 62.6 Å².